The Hall–Kier alpha value is -2.82. The largest absolute Gasteiger partial charge is 0.493 e. The molecule has 0 fully saturated rings. The lowest BCUT2D eigenvalue weighted by Crippen LogP contribution is -2.13. The molecule has 0 saturated heterocycles. The zero-order valence-electron chi connectivity index (χ0n) is 12.9. The Bertz CT molecular complexity index is 680. The van der Waals surface area contributed by atoms with Crippen LogP contribution < -0.4 is 10.1 Å². The first kappa shape index (κ1) is 16.5. The van der Waals surface area contributed by atoms with E-state index in [0.29, 0.717) is 25.1 Å². The van der Waals surface area contributed by atoms with Gasteiger partial charge in [-0.15, -0.1) is 0 Å². The van der Waals surface area contributed by atoms with Gasteiger partial charge in [0, 0.05) is 12.1 Å². The van der Waals surface area contributed by atoms with Crippen molar-refractivity contribution < 1.29 is 19.4 Å². The SMILES string of the molecule is Cc1ccccc1OCCCC(=O)Nc1ccc(C(=O)O)cc1. The summed E-state index contributed by atoms with van der Waals surface area (Å²) in [6, 6.07) is 13.8. The van der Waals surface area contributed by atoms with Crippen LogP contribution in [0.4, 0.5) is 5.69 Å². The highest BCUT2D eigenvalue weighted by Crippen LogP contribution is 2.16. The van der Waals surface area contributed by atoms with E-state index in [0.717, 1.165) is 11.3 Å². The molecule has 5 nitrogen and oxygen atoms in total. The van der Waals surface area contributed by atoms with Crippen LogP contribution in [-0.2, 0) is 4.79 Å². The molecule has 0 bridgehead atoms. The highest BCUT2D eigenvalue weighted by Gasteiger charge is 2.05. The van der Waals surface area contributed by atoms with Crippen molar-refractivity contribution in [3.05, 3.63) is 59.7 Å². The topological polar surface area (TPSA) is 75.6 Å². The van der Waals surface area contributed by atoms with Crippen molar-refractivity contribution >= 4 is 17.6 Å². The number of carbonyl (C=O) groups excluding carboxylic acids is 1. The lowest BCUT2D eigenvalue weighted by Gasteiger charge is -2.09. The average Bonchev–Trinajstić information content (AvgIpc) is 2.53. The number of anilines is 1. The van der Waals surface area contributed by atoms with Gasteiger partial charge in [-0.2, -0.15) is 0 Å². The Morgan fingerprint density at radius 1 is 1.09 bits per heavy atom. The van der Waals surface area contributed by atoms with Gasteiger partial charge in [0.25, 0.3) is 0 Å². The van der Waals surface area contributed by atoms with Crippen molar-refractivity contribution in [2.45, 2.75) is 19.8 Å². The first-order valence-electron chi connectivity index (χ1n) is 7.38. The van der Waals surface area contributed by atoms with Crippen molar-refractivity contribution in [2.24, 2.45) is 0 Å². The second kappa shape index (κ2) is 7.98. The van der Waals surface area contributed by atoms with E-state index in [1.807, 2.05) is 31.2 Å². The van der Waals surface area contributed by atoms with Gasteiger partial charge in [0.15, 0.2) is 0 Å². The molecule has 0 saturated carbocycles. The quantitative estimate of drug-likeness (QED) is 0.767. The summed E-state index contributed by atoms with van der Waals surface area (Å²) in [6.45, 7) is 2.44. The van der Waals surface area contributed by atoms with E-state index >= 15 is 0 Å². The number of rotatable bonds is 7. The fraction of sp³-hybridized carbons (Fsp3) is 0.222. The Morgan fingerprint density at radius 3 is 2.43 bits per heavy atom. The summed E-state index contributed by atoms with van der Waals surface area (Å²) in [5, 5.41) is 11.5. The molecule has 0 aromatic heterocycles. The van der Waals surface area contributed by atoms with Crippen LogP contribution in [0.3, 0.4) is 0 Å². The molecular formula is C18H19NO4. The second-order valence-corrected chi connectivity index (χ2v) is 5.15. The molecule has 0 radical (unpaired) electrons. The molecule has 0 atom stereocenters. The van der Waals surface area contributed by atoms with Gasteiger partial charge in [-0.3, -0.25) is 4.79 Å². The normalized spacial score (nSPS) is 10.1. The number of para-hydroxylation sites is 1. The van der Waals surface area contributed by atoms with Gasteiger partial charge in [0.2, 0.25) is 5.91 Å². The number of aryl methyl sites for hydroxylation is 1. The Morgan fingerprint density at radius 2 is 1.78 bits per heavy atom. The van der Waals surface area contributed by atoms with E-state index < -0.39 is 5.97 Å². The van der Waals surface area contributed by atoms with Crippen LogP contribution >= 0.6 is 0 Å². The van der Waals surface area contributed by atoms with Crippen molar-refractivity contribution in [3.8, 4) is 5.75 Å². The van der Waals surface area contributed by atoms with Gasteiger partial charge in [-0.05, 0) is 49.2 Å². The second-order valence-electron chi connectivity index (χ2n) is 5.15. The van der Waals surface area contributed by atoms with E-state index in [1.54, 1.807) is 12.1 Å². The van der Waals surface area contributed by atoms with Crippen LogP contribution in [0, 0.1) is 6.92 Å². The third-order valence-corrected chi connectivity index (χ3v) is 3.31. The highest BCUT2D eigenvalue weighted by molar-refractivity contribution is 5.92. The van der Waals surface area contributed by atoms with Crippen molar-refractivity contribution in [2.75, 3.05) is 11.9 Å². The molecule has 0 aliphatic heterocycles. The molecule has 23 heavy (non-hydrogen) atoms. The lowest BCUT2D eigenvalue weighted by molar-refractivity contribution is -0.116. The van der Waals surface area contributed by atoms with Gasteiger partial charge in [0.1, 0.15) is 5.75 Å². The number of hydrogen-bond donors (Lipinski definition) is 2. The standard InChI is InChI=1S/C18H19NO4/c1-13-5-2-3-6-16(13)23-12-4-7-17(20)19-15-10-8-14(9-11-15)18(21)22/h2-3,5-6,8-11H,4,7,12H2,1H3,(H,19,20)(H,21,22). The third kappa shape index (κ3) is 5.14. The van der Waals surface area contributed by atoms with Gasteiger partial charge < -0.3 is 15.2 Å². The third-order valence-electron chi connectivity index (χ3n) is 3.31. The number of carboxylic acids is 1. The van der Waals surface area contributed by atoms with Crippen LogP contribution in [0.1, 0.15) is 28.8 Å². The minimum atomic E-state index is -0.990. The molecule has 2 aromatic rings. The summed E-state index contributed by atoms with van der Waals surface area (Å²) in [6.07, 6.45) is 0.944. The van der Waals surface area contributed by atoms with Gasteiger partial charge in [-0.1, -0.05) is 18.2 Å². The highest BCUT2D eigenvalue weighted by atomic mass is 16.5. The summed E-state index contributed by atoms with van der Waals surface area (Å²) in [7, 11) is 0. The molecule has 1 amide bonds. The van der Waals surface area contributed by atoms with Crippen molar-refractivity contribution in [1.29, 1.82) is 0 Å². The Labute approximate surface area is 134 Å². The van der Waals surface area contributed by atoms with Gasteiger partial charge in [0.05, 0.1) is 12.2 Å². The van der Waals surface area contributed by atoms with Crippen molar-refractivity contribution in [1.82, 2.24) is 0 Å². The predicted molar refractivity (Wildman–Crippen MR) is 87.9 cm³/mol. The monoisotopic (exact) mass is 313 g/mol. The van der Waals surface area contributed by atoms with Gasteiger partial charge in [-0.25, -0.2) is 4.79 Å². The maximum absolute atomic E-state index is 11.8. The maximum Gasteiger partial charge on any atom is 0.335 e. The molecule has 0 spiro atoms. The molecule has 2 rings (SSSR count). The minimum absolute atomic E-state index is 0.124. The molecule has 0 heterocycles. The maximum atomic E-state index is 11.8. The van der Waals surface area contributed by atoms with E-state index in [9.17, 15) is 9.59 Å². The molecule has 120 valence electrons. The average molecular weight is 313 g/mol. The number of ether oxygens (including phenoxy) is 1. The number of benzene rings is 2. The predicted octanol–water partition coefficient (Wildman–Crippen LogP) is 3.49. The smallest absolute Gasteiger partial charge is 0.335 e. The molecule has 0 aliphatic carbocycles. The fourth-order valence-electron chi connectivity index (χ4n) is 2.05. The number of carbonyl (C=O) groups is 2. The minimum Gasteiger partial charge on any atom is -0.493 e. The molecule has 2 aromatic carbocycles. The summed E-state index contributed by atoms with van der Waals surface area (Å²) in [5.74, 6) is -0.283. The van der Waals surface area contributed by atoms with Crippen molar-refractivity contribution in [3.63, 3.8) is 0 Å². The molecule has 2 N–H and O–H groups in total. The van der Waals surface area contributed by atoms with E-state index in [2.05, 4.69) is 5.32 Å². The van der Waals surface area contributed by atoms with E-state index in [1.165, 1.54) is 12.1 Å². The molecule has 0 aliphatic rings. The van der Waals surface area contributed by atoms with Crippen LogP contribution in [0.15, 0.2) is 48.5 Å². The fourth-order valence-corrected chi connectivity index (χ4v) is 2.05. The zero-order valence-corrected chi connectivity index (χ0v) is 12.9. The number of amides is 1. The summed E-state index contributed by atoms with van der Waals surface area (Å²) >= 11 is 0. The van der Waals surface area contributed by atoms with Crippen LogP contribution in [0.5, 0.6) is 5.75 Å². The first-order chi connectivity index (χ1) is 11.1. The van der Waals surface area contributed by atoms with Gasteiger partial charge >= 0.3 is 5.97 Å². The van der Waals surface area contributed by atoms with Crippen LogP contribution in [0.2, 0.25) is 0 Å². The first-order valence-corrected chi connectivity index (χ1v) is 7.38. The van der Waals surface area contributed by atoms with E-state index in [-0.39, 0.29) is 11.5 Å². The number of nitrogens with one attached hydrogen (secondary N) is 1. The number of carboxylic acid groups (broad SMARTS) is 1. The van der Waals surface area contributed by atoms with E-state index in [4.69, 9.17) is 9.84 Å². The van der Waals surface area contributed by atoms with Crippen LogP contribution in [-0.4, -0.2) is 23.6 Å². The summed E-state index contributed by atoms with van der Waals surface area (Å²) < 4.78 is 5.63. The Kier molecular flexibility index (Phi) is 5.74. The lowest BCUT2D eigenvalue weighted by atomic mass is 10.2. The summed E-state index contributed by atoms with van der Waals surface area (Å²) in [4.78, 5) is 22.6. The zero-order chi connectivity index (χ0) is 16.7. The molecule has 0 unspecified atom stereocenters. The van der Waals surface area contributed by atoms with Crippen LogP contribution in [0.25, 0.3) is 0 Å². The summed E-state index contributed by atoms with van der Waals surface area (Å²) in [5.41, 5.74) is 1.84. The molecule has 5 heteroatoms. The molecular weight excluding hydrogens is 294 g/mol. The number of aromatic carboxylic acids is 1. The number of hydrogen-bond acceptors (Lipinski definition) is 3. The Balaban J connectivity index is 1.73.